The number of nitrogens with zero attached hydrogens (tertiary/aromatic N) is 1. The zero-order valence-corrected chi connectivity index (χ0v) is 13.8. The Labute approximate surface area is 135 Å². The molecule has 0 saturated carbocycles. The molecular weight excluding hydrogens is 294 g/mol. The highest BCUT2D eigenvalue weighted by molar-refractivity contribution is 8.00. The van der Waals surface area contributed by atoms with E-state index in [0.29, 0.717) is 6.54 Å². The molecule has 1 unspecified atom stereocenters. The first-order valence-electron chi connectivity index (χ1n) is 7.96. The van der Waals surface area contributed by atoms with Crippen LogP contribution in [0, 0.1) is 0 Å². The van der Waals surface area contributed by atoms with Gasteiger partial charge in [0.25, 0.3) is 0 Å². The predicted octanol–water partition coefficient (Wildman–Crippen LogP) is 3.38. The van der Waals surface area contributed by atoms with Gasteiger partial charge in [-0.25, -0.2) is 4.99 Å². The highest BCUT2D eigenvalue weighted by atomic mass is 32.2. The summed E-state index contributed by atoms with van der Waals surface area (Å²) in [4.78, 5) is 4.63. The topological polar surface area (TPSA) is 49.6 Å². The first-order valence-corrected chi connectivity index (χ1v) is 9.01. The molecule has 4 nitrogen and oxygen atoms in total. The third-order valence-corrected chi connectivity index (χ3v) is 5.13. The molecule has 2 N–H and O–H groups in total. The molecule has 2 aromatic rings. The van der Waals surface area contributed by atoms with Gasteiger partial charge in [0.15, 0.2) is 5.96 Å². The van der Waals surface area contributed by atoms with Crippen molar-refractivity contribution in [2.24, 2.45) is 4.99 Å². The van der Waals surface area contributed by atoms with Gasteiger partial charge in [-0.1, -0.05) is 18.2 Å². The summed E-state index contributed by atoms with van der Waals surface area (Å²) < 4.78 is 5.81. The molecule has 2 heterocycles. The Morgan fingerprint density at radius 2 is 2.27 bits per heavy atom. The molecule has 0 radical (unpaired) electrons. The lowest BCUT2D eigenvalue weighted by Gasteiger charge is -2.14. The lowest BCUT2D eigenvalue weighted by molar-refractivity contribution is 0.551. The molecule has 1 aliphatic rings. The van der Waals surface area contributed by atoms with Gasteiger partial charge >= 0.3 is 0 Å². The number of hydrogen-bond acceptors (Lipinski definition) is 3. The summed E-state index contributed by atoms with van der Waals surface area (Å²) in [5, 5.41) is 8.59. The largest absolute Gasteiger partial charge is 0.459 e. The van der Waals surface area contributed by atoms with E-state index in [0.717, 1.165) is 41.0 Å². The molecule has 1 fully saturated rings. The average molecular weight is 317 g/mol. The van der Waals surface area contributed by atoms with Crippen molar-refractivity contribution in [1.29, 1.82) is 0 Å². The quantitative estimate of drug-likeness (QED) is 0.655. The van der Waals surface area contributed by atoms with Crippen molar-refractivity contribution >= 4 is 28.7 Å². The lowest BCUT2D eigenvalue weighted by atomic mass is 10.2. The Hall–Kier alpha value is -1.62. The van der Waals surface area contributed by atoms with Crippen molar-refractivity contribution < 1.29 is 4.42 Å². The fourth-order valence-electron chi connectivity index (χ4n) is 2.63. The molecule has 3 rings (SSSR count). The summed E-state index contributed by atoms with van der Waals surface area (Å²) in [6, 6.07) is 10.1. The molecular formula is C17H23N3OS. The molecule has 22 heavy (non-hydrogen) atoms. The second-order valence-electron chi connectivity index (χ2n) is 5.46. The number of para-hydroxylation sites is 1. The number of guanidine groups is 1. The Bertz CT molecular complexity index is 599. The minimum absolute atomic E-state index is 0.557. The molecule has 1 atom stereocenters. The average Bonchev–Trinajstić information content (AvgIpc) is 3.18. The molecule has 0 aliphatic carbocycles. The van der Waals surface area contributed by atoms with Gasteiger partial charge < -0.3 is 15.1 Å². The Morgan fingerprint density at radius 3 is 3.05 bits per heavy atom. The van der Waals surface area contributed by atoms with Crippen molar-refractivity contribution in [2.75, 3.05) is 18.8 Å². The van der Waals surface area contributed by atoms with Crippen LogP contribution in [-0.4, -0.2) is 30.1 Å². The van der Waals surface area contributed by atoms with E-state index in [4.69, 9.17) is 4.42 Å². The minimum atomic E-state index is 0.557. The van der Waals surface area contributed by atoms with Crippen LogP contribution in [0.2, 0.25) is 0 Å². The smallest absolute Gasteiger partial charge is 0.191 e. The van der Waals surface area contributed by atoms with Gasteiger partial charge in [-0.2, -0.15) is 11.8 Å². The van der Waals surface area contributed by atoms with E-state index >= 15 is 0 Å². The van der Waals surface area contributed by atoms with Gasteiger partial charge in [0, 0.05) is 23.7 Å². The third kappa shape index (κ3) is 3.97. The van der Waals surface area contributed by atoms with E-state index in [1.54, 1.807) is 0 Å². The molecule has 1 aromatic carbocycles. The van der Waals surface area contributed by atoms with Gasteiger partial charge in [0.05, 0.1) is 0 Å². The van der Waals surface area contributed by atoms with Gasteiger partial charge in [0.2, 0.25) is 0 Å². The van der Waals surface area contributed by atoms with Crippen LogP contribution in [0.4, 0.5) is 0 Å². The van der Waals surface area contributed by atoms with Crippen LogP contribution in [-0.2, 0) is 6.54 Å². The number of nitrogens with one attached hydrogen (secondary N) is 2. The number of fused-ring (bicyclic) bond motifs is 1. The van der Waals surface area contributed by atoms with Gasteiger partial charge in [-0.15, -0.1) is 0 Å². The second-order valence-corrected chi connectivity index (χ2v) is 6.87. The van der Waals surface area contributed by atoms with Crippen molar-refractivity contribution in [3.8, 4) is 0 Å². The van der Waals surface area contributed by atoms with Gasteiger partial charge in [-0.05, 0) is 37.7 Å². The summed E-state index contributed by atoms with van der Waals surface area (Å²) in [7, 11) is 0. The monoisotopic (exact) mass is 317 g/mol. The molecule has 0 bridgehead atoms. The van der Waals surface area contributed by atoms with Crippen LogP contribution >= 0.6 is 11.8 Å². The van der Waals surface area contributed by atoms with Crippen molar-refractivity contribution in [2.45, 2.75) is 31.6 Å². The standard InChI is InChI=1S/C17H23N3OS/c1-2-18-17(20-12-15-7-5-9-22-15)19-11-14-10-13-6-3-4-8-16(13)21-14/h3-4,6,8,10,15H,2,5,7,9,11-12H2,1H3,(H2,18,19,20). The van der Waals surface area contributed by atoms with E-state index < -0.39 is 0 Å². The van der Waals surface area contributed by atoms with Crippen LogP contribution in [0.15, 0.2) is 39.7 Å². The van der Waals surface area contributed by atoms with E-state index in [1.165, 1.54) is 18.6 Å². The van der Waals surface area contributed by atoms with E-state index in [2.05, 4.69) is 46.4 Å². The highest BCUT2D eigenvalue weighted by Crippen LogP contribution is 2.25. The van der Waals surface area contributed by atoms with Crippen molar-refractivity contribution in [3.63, 3.8) is 0 Å². The van der Waals surface area contributed by atoms with Crippen LogP contribution in [0.5, 0.6) is 0 Å². The Morgan fingerprint density at radius 1 is 1.36 bits per heavy atom. The fourth-order valence-corrected chi connectivity index (χ4v) is 3.83. The summed E-state index contributed by atoms with van der Waals surface area (Å²) in [6.07, 6.45) is 2.64. The predicted molar refractivity (Wildman–Crippen MR) is 94.5 cm³/mol. The molecule has 0 amide bonds. The van der Waals surface area contributed by atoms with Crippen LogP contribution < -0.4 is 10.6 Å². The first-order chi connectivity index (χ1) is 10.8. The molecule has 1 aromatic heterocycles. The molecule has 1 aliphatic heterocycles. The van der Waals surface area contributed by atoms with E-state index in [1.807, 2.05) is 18.2 Å². The maximum Gasteiger partial charge on any atom is 0.191 e. The minimum Gasteiger partial charge on any atom is -0.459 e. The summed E-state index contributed by atoms with van der Waals surface area (Å²) in [5.41, 5.74) is 0.924. The van der Waals surface area contributed by atoms with Crippen molar-refractivity contribution in [3.05, 3.63) is 36.1 Å². The maximum absolute atomic E-state index is 5.81. The van der Waals surface area contributed by atoms with Crippen LogP contribution in [0.1, 0.15) is 25.5 Å². The fraction of sp³-hybridized carbons (Fsp3) is 0.471. The zero-order valence-electron chi connectivity index (χ0n) is 13.0. The van der Waals surface area contributed by atoms with E-state index in [9.17, 15) is 0 Å². The summed E-state index contributed by atoms with van der Waals surface area (Å²) in [5.74, 6) is 3.06. The Kier molecular flexibility index (Phi) is 5.27. The SMILES string of the molecule is CCNC(=NCc1cc2ccccc2o1)NCC1CCCS1. The maximum atomic E-state index is 5.81. The van der Waals surface area contributed by atoms with Gasteiger partial charge in [-0.3, -0.25) is 0 Å². The highest BCUT2D eigenvalue weighted by Gasteiger charge is 2.15. The van der Waals surface area contributed by atoms with Crippen LogP contribution in [0.3, 0.4) is 0 Å². The van der Waals surface area contributed by atoms with Gasteiger partial charge in [0.1, 0.15) is 17.9 Å². The summed E-state index contributed by atoms with van der Waals surface area (Å²) in [6.45, 7) is 4.49. The number of hydrogen-bond donors (Lipinski definition) is 2. The Balaban J connectivity index is 1.61. The number of aliphatic imine (C=N–C) groups is 1. The lowest BCUT2D eigenvalue weighted by Crippen LogP contribution is -2.40. The van der Waals surface area contributed by atoms with Crippen molar-refractivity contribution in [1.82, 2.24) is 10.6 Å². The molecule has 5 heteroatoms. The number of benzene rings is 1. The summed E-state index contributed by atoms with van der Waals surface area (Å²) >= 11 is 2.06. The number of furan rings is 1. The normalized spacial score (nSPS) is 18.8. The molecule has 1 saturated heterocycles. The van der Waals surface area contributed by atoms with Crippen LogP contribution in [0.25, 0.3) is 11.0 Å². The molecule has 118 valence electrons. The first kappa shape index (κ1) is 15.3. The molecule has 0 spiro atoms. The zero-order chi connectivity index (χ0) is 15.2. The third-order valence-electron chi connectivity index (χ3n) is 3.73. The second kappa shape index (κ2) is 7.58. The number of thioether (sulfide) groups is 1. The van der Waals surface area contributed by atoms with E-state index in [-0.39, 0.29) is 0 Å². The number of rotatable bonds is 5.